The number of rotatable bonds is 5. The van der Waals surface area contributed by atoms with Crippen LogP contribution in [-0.4, -0.2) is 41.5 Å². The summed E-state index contributed by atoms with van der Waals surface area (Å²) in [6.45, 7) is 2.15. The highest BCUT2D eigenvalue weighted by molar-refractivity contribution is 7.89. The third-order valence-corrected chi connectivity index (χ3v) is 7.73. The summed E-state index contributed by atoms with van der Waals surface area (Å²) in [6, 6.07) is 11.2. The molecule has 34 heavy (non-hydrogen) atoms. The molecule has 0 spiro atoms. The summed E-state index contributed by atoms with van der Waals surface area (Å²) in [5.74, 6) is -0.996. The number of hydrogen-bond donors (Lipinski definition) is 1. The fraction of sp³-hybridized carbons (Fsp3) is 0.304. The van der Waals surface area contributed by atoms with Gasteiger partial charge in [0.25, 0.3) is 0 Å². The van der Waals surface area contributed by atoms with Gasteiger partial charge in [-0.15, -0.1) is 0 Å². The molecule has 0 saturated carbocycles. The maximum atomic E-state index is 13.3. The number of aryl methyl sites for hydroxylation is 1. The largest absolute Gasteiger partial charge is 0.416 e. The molecule has 1 saturated heterocycles. The standard InChI is InChI=1S/C23H23F3N4O3S/c1-16-3-6-19(7-4-16)34(32,33)29-13-9-17(10-14-29)22(31)28-20-15-18(23(24,25)26)5-8-21(20)30-12-2-11-27-30/h2-8,11-12,15,17H,9-10,13-14H2,1H3,(H,28,31). The first-order valence-corrected chi connectivity index (χ1v) is 12.1. The van der Waals surface area contributed by atoms with Crippen LogP contribution in [0.15, 0.2) is 65.8 Å². The number of amides is 1. The van der Waals surface area contributed by atoms with Crippen LogP contribution in [0.1, 0.15) is 24.0 Å². The van der Waals surface area contributed by atoms with E-state index in [0.29, 0.717) is 5.69 Å². The van der Waals surface area contributed by atoms with Crippen LogP contribution in [0, 0.1) is 12.8 Å². The molecular weight excluding hydrogens is 469 g/mol. The molecule has 2 heterocycles. The molecule has 1 fully saturated rings. The van der Waals surface area contributed by atoms with Gasteiger partial charge in [-0.2, -0.15) is 22.6 Å². The number of anilines is 1. The van der Waals surface area contributed by atoms with Crippen molar-refractivity contribution in [2.75, 3.05) is 18.4 Å². The first-order valence-electron chi connectivity index (χ1n) is 10.6. The highest BCUT2D eigenvalue weighted by atomic mass is 32.2. The van der Waals surface area contributed by atoms with Crippen molar-refractivity contribution in [1.29, 1.82) is 0 Å². The fourth-order valence-corrected chi connectivity index (χ4v) is 5.35. The Bertz CT molecular complexity index is 1270. The van der Waals surface area contributed by atoms with Crippen molar-refractivity contribution in [3.63, 3.8) is 0 Å². The Kier molecular flexibility index (Phi) is 6.50. The molecule has 1 aliphatic heterocycles. The number of nitrogens with zero attached hydrogens (tertiary/aromatic N) is 3. The molecule has 4 rings (SSSR count). The van der Waals surface area contributed by atoms with E-state index in [1.54, 1.807) is 36.5 Å². The number of piperidine rings is 1. The number of sulfonamides is 1. The Hall–Kier alpha value is -3.18. The monoisotopic (exact) mass is 492 g/mol. The quantitative estimate of drug-likeness (QED) is 0.578. The van der Waals surface area contributed by atoms with Crippen molar-refractivity contribution in [3.05, 3.63) is 72.1 Å². The second-order valence-electron chi connectivity index (χ2n) is 8.16. The second kappa shape index (κ2) is 9.22. The van der Waals surface area contributed by atoms with Crippen LogP contribution in [0.5, 0.6) is 0 Å². The van der Waals surface area contributed by atoms with Gasteiger partial charge in [0.2, 0.25) is 15.9 Å². The lowest BCUT2D eigenvalue weighted by molar-refractivity contribution is -0.137. The van der Waals surface area contributed by atoms with E-state index in [1.165, 1.54) is 21.3 Å². The van der Waals surface area contributed by atoms with Crippen molar-refractivity contribution >= 4 is 21.6 Å². The zero-order valence-corrected chi connectivity index (χ0v) is 19.1. The number of carbonyl (C=O) groups excluding carboxylic acids is 1. The third kappa shape index (κ3) is 5.00. The molecule has 0 bridgehead atoms. The highest BCUT2D eigenvalue weighted by Gasteiger charge is 2.34. The average Bonchev–Trinajstić information content (AvgIpc) is 3.33. The maximum Gasteiger partial charge on any atom is 0.416 e. The molecule has 0 aliphatic carbocycles. The Morgan fingerprint density at radius 2 is 1.76 bits per heavy atom. The van der Waals surface area contributed by atoms with Crippen LogP contribution in [0.25, 0.3) is 5.69 Å². The average molecular weight is 493 g/mol. The van der Waals surface area contributed by atoms with Gasteiger partial charge in [-0.25, -0.2) is 13.1 Å². The molecule has 1 aliphatic rings. The van der Waals surface area contributed by atoms with Crippen molar-refractivity contribution in [3.8, 4) is 5.69 Å². The molecule has 1 amide bonds. The van der Waals surface area contributed by atoms with Crippen LogP contribution in [0.3, 0.4) is 0 Å². The van der Waals surface area contributed by atoms with Crippen LogP contribution in [-0.2, 0) is 21.0 Å². The smallest absolute Gasteiger partial charge is 0.324 e. The van der Waals surface area contributed by atoms with Gasteiger partial charge in [0.15, 0.2) is 0 Å². The van der Waals surface area contributed by atoms with Crippen molar-refractivity contribution in [2.45, 2.75) is 30.8 Å². The van der Waals surface area contributed by atoms with Gasteiger partial charge < -0.3 is 5.32 Å². The first kappa shape index (κ1) is 24.0. The van der Waals surface area contributed by atoms with E-state index in [1.807, 2.05) is 6.92 Å². The van der Waals surface area contributed by atoms with E-state index < -0.39 is 33.6 Å². The van der Waals surface area contributed by atoms with E-state index in [4.69, 9.17) is 0 Å². The van der Waals surface area contributed by atoms with Gasteiger partial charge in [0.05, 0.1) is 21.8 Å². The highest BCUT2D eigenvalue weighted by Crippen LogP contribution is 2.34. The van der Waals surface area contributed by atoms with Crippen molar-refractivity contribution < 1.29 is 26.4 Å². The van der Waals surface area contributed by atoms with Gasteiger partial charge in [-0.3, -0.25) is 4.79 Å². The normalized spacial score (nSPS) is 15.9. The minimum Gasteiger partial charge on any atom is -0.324 e. The summed E-state index contributed by atoms with van der Waals surface area (Å²) in [7, 11) is -3.68. The predicted octanol–water partition coefficient (Wildman–Crippen LogP) is 4.24. The summed E-state index contributed by atoms with van der Waals surface area (Å²) >= 11 is 0. The molecule has 0 unspecified atom stereocenters. The number of carbonyl (C=O) groups is 1. The summed E-state index contributed by atoms with van der Waals surface area (Å²) in [6.07, 6.45) is -1.02. The third-order valence-electron chi connectivity index (χ3n) is 5.82. The van der Waals surface area contributed by atoms with Gasteiger partial charge in [0, 0.05) is 31.4 Å². The van der Waals surface area contributed by atoms with Crippen LogP contribution in [0.2, 0.25) is 0 Å². The first-order chi connectivity index (χ1) is 16.1. The Morgan fingerprint density at radius 1 is 1.09 bits per heavy atom. The zero-order chi connectivity index (χ0) is 24.5. The van der Waals surface area contributed by atoms with E-state index in [2.05, 4.69) is 10.4 Å². The van der Waals surface area contributed by atoms with Crippen LogP contribution in [0.4, 0.5) is 18.9 Å². The molecule has 7 nitrogen and oxygen atoms in total. The Morgan fingerprint density at radius 3 is 2.35 bits per heavy atom. The lowest BCUT2D eigenvalue weighted by Crippen LogP contribution is -2.41. The number of benzene rings is 2. The van der Waals surface area contributed by atoms with E-state index in [9.17, 15) is 26.4 Å². The van der Waals surface area contributed by atoms with E-state index >= 15 is 0 Å². The van der Waals surface area contributed by atoms with Crippen LogP contribution >= 0.6 is 0 Å². The second-order valence-corrected chi connectivity index (χ2v) is 10.1. The summed E-state index contributed by atoms with van der Waals surface area (Å²) in [5, 5.41) is 6.65. The van der Waals surface area contributed by atoms with Crippen LogP contribution < -0.4 is 5.32 Å². The zero-order valence-electron chi connectivity index (χ0n) is 18.3. The number of aromatic nitrogens is 2. The molecule has 0 radical (unpaired) electrons. The van der Waals surface area contributed by atoms with Gasteiger partial charge in [-0.1, -0.05) is 17.7 Å². The molecule has 180 valence electrons. The fourth-order valence-electron chi connectivity index (χ4n) is 3.88. The lowest BCUT2D eigenvalue weighted by Gasteiger charge is -2.30. The lowest BCUT2D eigenvalue weighted by atomic mass is 9.97. The number of halogens is 3. The van der Waals surface area contributed by atoms with E-state index in [-0.39, 0.29) is 36.5 Å². The minimum atomic E-state index is -4.57. The molecule has 0 atom stereocenters. The topological polar surface area (TPSA) is 84.3 Å². The summed E-state index contributed by atoms with van der Waals surface area (Å²) < 4.78 is 68.2. The Labute approximate surface area is 195 Å². The molecule has 3 aromatic rings. The predicted molar refractivity (Wildman–Crippen MR) is 120 cm³/mol. The van der Waals surface area contributed by atoms with Gasteiger partial charge >= 0.3 is 6.18 Å². The Balaban J connectivity index is 1.48. The summed E-state index contributed by atoms with van der Waals surface area (Å²) in [4.78, 5) is 13.1. The maximum absolute atomic E-state index is 13.3. The molecule has 2 aromatic carbocycles. The molecule has 1 aromatic heterocycles. The van der Waals surface area contributed by atoms with Gasteiger partial charge in [-0.05, 0) is 56.2 Å². The molecular formula is C23H23F3N4O3S. The molecule has 1 N–H and O–H groups in total. The number of nitrogens with one attached hydrogen (secondary N) is 1. The molecule has 11 heteroatoms. The van der Waals surface area contributed by atoms with Crippen molar-refractivity contribution in [2.24, 2.45) is 5.92 Å². The van der Waals surface area contributed by atoms with E-state index in [0.717, 1.165) is 17.7 Å². The number of hydrogen-bond acceptors (Lipinski definition) is 4. The van der Waals surface area contributed by atoms with Gasteiger partial charge in [0.1, 0.15) is 0 Å². The number of alkyl halides is 3. The van der Waals surface area contributed by atoms with Crippen molar-refractivity contribution in [1.82, 2.24) is 14.1 Å². The minimum absolute atomic E-state index is 0.0155. The SMILES string of the molecule is Cc1ccc(S(=O)(=O)N2CCC(C(=O)Nc3cc(C(F)(F)F)ccc3-n3cccn3)CC2)cc1. The summed E-state index contributed by atoms with van der Waals surface area (Å²) in [5.41, 5.74) is 0.333.